The molecule has 0 fully saturated rings. The summed E-state index contributed by atoms with van der Waals surface area (Å²) in [5.74, 6) is 0. The van der Waals surface area contributed by atoms with E-state index in [1.165, 1.54) is 0 Å². The van der Waals surface area contributed by atoms with Crippen LogP contribution >= 0.6 is 35.6 Å². The molecule has 0 spiro atoms. The largest absolute Gasteiger partial charge is 0.332 e. The number of halogens is 1. The van der Waals surface area contributed by atoms with Gasteiger partial charge in [0.05, 0.1) is 5.69 Å². The highest BCUT2D eigenvalue weighted by Gasteiger charge is 2.03. The van der Waals surface area contributed by atoms with Crippen molar-refractivity contribution in [2.45, 2.75) is 4.90 Å². The number of thioether (sulfide) groups is 1. The number of anilines is 2. The average Bonchev–Trinajstić information content (AvgIpc) is 2.42. The molecule has 0 atom stereocenters. The van der Waals surface area contributed by atoms with Crippen LogP contribution in [0.15, 0.2) is 53.4 Å². The van der Waals surface area contributed by atoms with Gasteiger partial charge in [0.2, 0.25) is 0 Å². The lowest BCUT2D eigenvalue weighted by Gasteiger charge is -2.13. The summed E-state index contributed by atoms with van der Waals surface area (Å²) >= 11 is 12.8. The van der Waals surface area contributed by atoms with Crippen LogP contribution in [0, 0.1) is 0 Å². The predicted octanol–water partition coefficient (Wildman–Crippen LogP) is 4.87. The Hall–Kier alpha value is -1.23. The molecule has 0 radical (unpaired) electrons. The Balaban J connectivity index is 2.03. The van der Waals surface area contributed by atoms with E-state index < -0.39 is 0 Å². The topological polar surface area (TPSA) is 24.1 Å². The third-order valence-electron chi connectivity index (χ3n) is 2.46. The summed E-state index contributed by atoms with van der Waals surface area (Å²) < 4.78 is 0. The molecule has 19 heavy (non-hydrogen) atoms. The van der Waals surface area contributed by atoms with Crippen LogP contribution in [-0.4, -0.2) is 11.4 Å². The molecule has 0 saturated heterocycles. The lowest BCUT2D eigenvalue weighted by atomic mass is 10.3. The number of hydrogen-bond donors (Lipinski definition) is 2. The van der Waals surface area contributed by atoms with Gasteiger partial charge in [0, 0.05) is 15.6 Å². The summed E-state index contributed by atoms with van der Waals surface area (Å²) in [5, 5.41) is 7.58. The van der Waals surface area contributed by atoms with E-state index in [0.29, 0.717) is 10.1 Å². The summed E-state index contributed by atoms with van der Waals surface area (Å²) in [5.41, 5.74) is 1.91. The Morgan fingerprint density at radius 3 is 2.42 bits per heavy atom. The number of rotatable bonds is 3. The summed E-state index contributed by atoms with van der Waals surface area (Å²) in [6, 6.07) is 15.5. The van der Waals surface area contributed by atoms with Gasteiger partial charge >= 0.3 is 0 Å². The van der Waals surface area contributed by atoms with Crippen molar-refractivity contribution in [3.8, 4) is 0 Å². The molecule has 0 aliphatic rings. The van der Waals surface area contributed by atoms with Crippen LogP contribution in [-0.2, 0) is 0 Å². The van der Waals surface area contributed by atoms with Gasteiger partial charge in [0.25, 0.3) is 0 Å². The van der Waals surface area contributed by atoms with E-state index in [4.69, 9.17) is 23.8 Å². The molecule has 2 N–H and O–H groups in total. The lowest BCUT2D eigenvalue weighted by Crippen LogP contribution is -2.19. The smallest absolute Gasteiger partial charge is 0.175 e. The van der Waals surface area contributed by atoms with Gasteiger partial charge in [-0.3, -0.25) is 0 Å². The first-order chi connectivity index (χ1) is 9.19. The first-order valence-corrected chi connectivity index (χ1v) is 7.67. The number of thiocarbonyl (C=S) groups is 1. The van der Waals surface area contributed by atoms with Gasteiger partial charge in [0.15, 0.2) is 5.11 Å². The van der Waals surface area contributed by atoms with Crippen molar-refractivity contribution in [3.05, 3.63) is 53.6 Å². The normalized spacial score (nSPS) is 10.0. The number of hydrogen-bond acceptors (Lipinski definition) is 2. The van der Waals surface area contributed by atoms with Crippen LogP contribution in [0.4, 0.5) is 11.4 Å². The van der Waals surface area contributed by atoms with E-state index in [9.17, 15) is 0 Å². The maximum atomic E-state index is 5.84. The summed E-state index contributed by atoms with van der Waals surface area (Å²) in [6.45, 7) is 0. The van der Waals surface area contributed by atoms with Gasteiger partial charge in [-0.25, -0.2) is 0 Å². The number of benzene rings is 2. The molecule has 0 aromatic heterocycles. The zero-order chi connectivity index (χ0) is 13.7. The molecular formula is C14H13ClN2S2. The lowest BCUT2D eigenvalue weighted by molar-refractivity contribution is 1.44. The van der Waals surface area contributed by atoms with Crippen molar-refractivity contribution in [1.82, 2.24) is 0 Å². The second-order valence-electron chi connectivity index (χ2n) is 3.79. The number of para-hydroxylation sites is 1. The van der Waals surface area contributed by atoms with Crippen molar-refractivity contribution in [2.24, 2.45) is 0 Å². The monoisotopic (exact) mass is 308 g/mol. The van der Waals surface area contributed by atoms with Crippen LogP contribution in [0.25, 0.3) is 0 Å². The van der Waals surface area contributed by atoms with E-state index in [2.05, 4.69) is 16.7 Å². The molecule has 0 unspecified atom stereocenters. The second kappa shape index (κ2) is 6.80. The zero-order valence-electron chi connectivity index (χ0n) is 10.3. The Morgan fingerprint density at radius 1 is 1.05 bits per heavy atom. The average molecular weight is 309 g/mol. The Bertz CT molecular complexity index is 570. The second-order valence-corrected chi connectivity index (χ2v) is 5.48. The molecular weight excluding hydrogens is 296 g/mol. The van der Waals surface area contributed by atoms with E-state index in [-0.39, 0.29) is 0 Å². The van der Waals surface area contributed by atoms with E-state index in [0.717, 1.165) is 16.3 Å². The first kappa shape index (κ1) is 14.2. The fourth-order valence-electron chi connectivity index (χ4n) is 1.57. The highest BCUT2D eigenvalue weighted by atomic mass is 35.5. The molecule has 0 bridgehead atoms. The van der Waals surface area contributed by atoms with E-state index in [1.807, 2.05) is 48.7 Å². The minimum absolute atomic E-state index is 0.559. The van der Waals surface area contributed by atoms with Gasteiger partial charge in [-0.1, -0.05) is 23.7 Å². The molecule has 2 nitrogen and oxygen atoms in total. The maximum Gasteiger partial charge on any atom is 0.175 e. The molecule has 0 saturated carbocycles. The fraction of sp³-hybridized carbons (Fsp3) is 0.0714. The van der Waals surface area contributed by atoms with Crippen molar-refractivity contribution in [1.29, 1.82) is 0 Å². The highest BCUT2D eigenvalue weighted by molar-refractivity contribution is 7.98. The maximum absolute atomic E-state index is 5.84. The Morgan fingerprint density at radius 2 is 1.74 bits per heavy atom. The molecule has 98 valence electrons. The summed E-state index contributed by atoms with van der Waals surface area (Å²) in [7, 11) is 0. The van der Waals surface area contributed by atoms with E-state index >= 15 is 0 Å². The van der Waals surface area contributed by atoms with Crippen molar-refractivity contribution in [2.75, 3.05) is 16.9 Å². The van der Waals surface area contributed by atoms with Crippen LogP contribution < -0.4 is 10.6 Å². The van der Waals surface area contributed by atoms with Gasteiger partial charge in [-0.05, 0) is 54.9 Å². The highest BCUT2D eigenvalue weighted by Crippen LogP contribution is 2.24. The Kier molecular flexibility index (Phi) is 5.07. The van der Waals surface area contributed by atoms with Crippen LogP contribution in [0.1, 0.15) is 0 Å². The predicted molar refractivity (Wildman–Crippen MR) is 89.5 cm³/mol. The SMILES string of the molecule is CSc1ccccc1NC(=S)Nc1ccc(Cl)cc1. The molecule has 5 heteroatoms. The molecule has 2 aromatic carbocycles. The van der Waals surface area contributed by atoms with Gasteiger partial charge in [0.1, 0.15) is 0 Å². The van der Waals surface area contributed by atoms with Crippen LogP contribution in [0.5, 0.6) is 0 Å². The van der Waals surface area contributed by atoms with Gasteiger partial charge in [-0.2, -0.15) is 0 Å². The zero-order valence-corrected chi connectivity index (χ0v) is 12.7. The molecule has 0 heterocycles. The van der Waals surface area contributed by atoms with Gasteiger partial charge in [-0.15, -0.1) is 11.8 Å². The Labute approximate surface area is 127 Å². The van der Waals surface area contributed by atoms with E-state index in [1.54, 1.807) is 11.8 Å². The number of nitrogens with one attached hydrogen (secondary N) is 2. The molecule has 2 aromatic rings. The van der Waals surface area contributed by atoms with Crippen molar-refractivity contribution >= 4 is 52.1 Å². The van der Waals surface area contributed by atoms with Crippen molar-refractivity contribution in [3.63, 3.8) is 0 Å². The summed E-state index contributed by atoms with van der Waals surface area (Å²) in [4.78, 5) is 1.16. The summed E-state index contributed by atoms with van der Waals surface area (Å²) in [6.07, 6.45) is 2.04. The standard InChI is InChI=1S/C14H13ClN2S2/c1-19-13-5-3-2-4-12(13)17-14(18)16-11-8-6-10(15)7-9-11/h2-9H,1H3,(H2,16,17,18). The molecule has 0 amide bonds. The van der Waals surface area contributed by atoms with Gasteiger partial charge < -0.3 is 10.6 Å². The van der Waals surface area contributed by atoms with Crippen molar-refractivity contribution < 1.29 is 0 Å². The molecule has 2 rings (SSSR count). The first-order valence-electron chi connectivity index (χ1n) is 5.65. The van der Waals surface area contributed by atoms with Crippen LogP contribution in [0.2, 0.25) is 5.02 Å². The van der Waals surface area contributed by atoms with Crippen LogP contribution in [0.3, 0.4) is 0 Å². The molecule has 0 aliphatic carbocycles. The molecule has 0 aliphatic heterocycles. The fourth-order valence-corrected chi connectivity index (χ4v) is 2.47. The third-order valence-corrected chi connectivity index (χ3v) is 3.71. The quantitative estimate of drug-likeness (QED) is 0.624. The minimum atomic E-state index is 0.559. The third kappa shape index (κ3) is 4.13. The minimum Gasteiger partial charge on any atom is -0.332 e.